The average molecular weight is 415 g/mol. The van der Waals surface area contributed by atoms with Gasteiger partial charge < -0.3 is 20.5 Å². The summed E-state index contributed by atoms with van der Waals surface area (Å²) in [6.45, 7) is 1.91. The lowest BCUT2D eigenvalue weighted by atomic mass is 10.2. The number of nitrogens with zero attached hydrogens (tertiary/aromatic N) is 1. The van der Waals surface area contributed by atoms with E-state index in [-0.39, 0.29) is 6.03 Å². The zero-order valence-corrected chi connectivity index (χ0v) is 17.2. The Labute approximate surface area is 179 Å². The van der Waals surface area contributed by atoms with Gasteiger partial charge >= 0.3 is 6.03 Å². The van der Waals surface area contributed by atoms with Crippen molar-refractivity contribution in [3.63, 3.8) is 0 Å². The fourth-order valence-corrected chi connectivity index (χ4v) is 4.87. The molecule has 3 N–H and O–H groups in total. The first-order valence-electron chi connectivity index (χ1n) is 9.96. The van der Waals surface area contributed by atoms with Gasteiger partial charge in [-0.2, -0.15) is 0 Å². The van der Waals surface area contributed by atoms with E-state index in [1.807, 2.05) is 54.4 Å². The molecule has 0 radical (unpaired) electrons. The van der Waals surface area contributed by atoms with Crippen molar-refractivity contribution in [3.8, 4) is 0 Å². The van der Waals surface area contributed by atoms with Crippen molar-refractivity contribution in [2.45, 2.75) is 11.4 Å². The fourth-order valence-electron chi connectivity index (χ4n) is 3.78. The summed E-state index contributed by atoms with van der Waals surface area (Å²) in [6.07, 6.45) is 1.81. The highest BCUT2D eigenvalue weighted by atomic mass is 32.2. The number of H-pyrrole nitrogens is 1. The predicted octanol–water partition coefficient (Wildman–Crippen LogP) is 5.92. The molecule has 3 aromatic carbocycles. The van der Waals surface area contributed by atoms with E-state index >= 15 is 0 Å². The molecule has 150 valence electrons. The summed E-state index contributed by atoms with van der Waals surface area (Å²) >= 11 is 1.83. The summed E-state index contributed by atoms with van der Waals surface area (Å²) in [5.41, 5.74) is 5.08. The van der Waals surface area contributed by atoms with Gasteiger partial charge in [0.05, 0.1) is 11.4 Å². The molecular formula is C24H22N4OS. The monoisotopic (exact) mass is 414 g/mol. The van der Waals surface area contributed by atoms with Crippen LogP contribution in [0.4, 0.5) is 21.9 Å². The van der Waals surface area contributed by atoms with Crippen LogP contribution in [0, 0.1) is 0 Å². The van der Waals surface area contributed by atoms with E-state index in [2.05, 4.69) is 56.9 Å². The van der Waals surface area contributed by atoms with Crippen LogP contribution in [0.1, 0.15) is 5.56 Å². The molecule has 2 amide bonds. The van der Waals surface area contributed by atoms with E-state index in [0.29, 0.717) is 0 Å². The third-order valence-corrected chi connectivity index (χ3v) is 6.26. The lowest BCUT2D eigenvalue weighted by molar-refractivity contribution is 0.262. The third kappa shape index (κ3) is 3.86. The number of urea groups is 1. The molecule has 0 fully saturated rings. The van der Waals surface area contributed by atoms with Gasteiger partial charge in [-0.05, 0) is 29.8 Å². The quantitative estimate of drug-likeness (QED) is 0.388. The average Bonchev–Trinajstić information content (AvgIpc) is 3.17. The maximum absolute atomic E-state index is 12.5. The highest BCUT2D eigenvalue weighted by Crippen LogP contribution is 2.37. The maximum Gasteiger partial charge on any atom is 0.323 e. The lowest BCUT2D eigenvalue weighted by Crippen LogP contribution is -2.28. The van der Waals surface area contributed by atoms with Gasteiger partial charge in [-0.1, -0.05) is 48.5 Å². The van der Waals surface area contributed by atoms with Crippen LogP contribution in [-0.4, -0.2) is 23.3 Å². The van der Waals surface area contributed by atoms with Crippen LogP contribution in [0.3, 0.4) is 0 Å². The molecule has 0 saturated heterocycles. The topological polar surface area (TPSA) is 60.2 Å². The van der Waals surface area contributed by atoms with Crippen LogP contribution in [0.25, 0.3) is 10.9 Å². The number of carbonyl (C=O) groups is 1. The van der Waals surface area contributed by atoms with Crippen LogP contribution >= 0.6 is 11.8 Å². The van der Waals surface area contributed by atoms with Crippen molar-refractivity contribution >= 4 is 45.8 Å². The van der Waals surface area contributed by atoms with Crippen LogP contribution in [0.2, 0.25) is 0 Å². The number of carbonyl (C=O) groups excluding carboxylic acids is 1. The summed E-state index contributed by atoms with van der Waals surface area (Å²) in [6, 6.07) is 24.3. The summed E-state index contributed by atoms with van der Waals surface area (Å²) in [5.74, 6) is 1.03. The zero-order chi connectivity index (χ0) is 20.3. The molecule has 0 bridgehead atoms. The number of thioether (sulfide) groups is 1. The molecule has 0 atom stereocenters. The van der Waals surface area contributed by atoms with E-state index in [1.165, 1.54) is 16.1 Å². The van der Waals surface area contributed by atoms with Gasteiger partial charge in [-0.15, -0.1) is 11.8 Å². The molecule has 0 spiro atoms. The molecule has 4 aromatic rings. The number of hydrogen-bond donors (Lipinski definition) is 3. The second kappa shape index (κ2) is 8.16. The molecule has 1 aliphatic heterocycles. The highest BCUT2D eigenvalue weighted by Gasteiger charge is 2.18. The number of aromatic amines is 1. The van der Waals surface area contributed by atoms with E-state index in [1.54, 1.807) is 0 Å². The molecular weight excluding hydrogens is 392 g/mol. The zero-order valence-electron chi connectivity index (χ0n) is 16.4. The lowest BCUT2D eigenvalue weighted by Gasteiger charge is -2.31. The van der Waals surface area contributed by atoms with Gasteiger partial charge in [0.15, 0.2) is 0 Å². The molecule has 6 heteroatoms. The van der Waals surface area contributed by atoms with Gasteiger partial charge in [-0.25, -0.2) is 4.79 Å². The van der Waals surface area contributed by atoms with E-state index in [9.17, 15) is 4.79 Å². The maximum atomic E-state index is 12.5. The summed E-state index contributed by atoms with van der Waals surface area (Å²) in [7, 11) is 0. The minimum Gasteiger partial charge on any atom is -0.365 e. The van der Waals surface area contributed by atoms with Crippen LogP contribution in [-0.2, 0) is 6.54 Å². The summed E-state index contributed by atoms with van der Waals surface area (Å²) in [5, 5.41) is 6.89. The van der Waals surface area contributed by atoms with Crippen molar-refractivity contribution in [1.82, 2.24) is 4.98 Å². The Morgan fingerprint density at radius 3 is 2.73 bits per heavy atom. The Morgan fingerprint density at radius 2 is 1.83 bits per heavy atom. The summed E-state index contributed by atoms with van der Waals surface area (Å²) < 4.78 is 0. The number of para-hydroxylation sites is 1. The van der Waals surface area contributed by atoms with Crippen LogP contribution in [0.5, 0.6) is 0 Å². The van der Waals surface area contributed by atoms with Gasteiger partial charge in [-0.3, -0.25) is 0 Å². The number of fused-ring (bicyclic) bond motifs is 2. The van der Waals surface area contributed by atoms with E-state index < -0.39 is 0 Å². The van der Waals surface area contributed by atoms with Crippen molar-refractivity contribution in [2.24, 2.45) is 0 Å². The first-order chi connectivity index (χ1) is 14.8. The number of nitrogens with one attached hydrogen (secondary N) is 3. The molecule has 30 heavy (non-hydrogen) atoms. The van der Waals surface area contributed by atoms with Crippen LogP contribution in [0.15, 0.2) is 83.9 Å². The summed E-state index contributed by atoms with van der Waals surface area (Å²) in [4.78, 5) is 19.3. The Balaban J connectivity index is 1.30. The first-order valence-corrected chi connectivity index (χ1v) is 10.9. The molecule has 0 aliphatic carbocycles. The predicted molar refractivity (Wildman–Crippen MR) is 126 cm³/mol. The molecule has 1 aromatic heterocycles. The Morgan fingerprint density at radius 1 is 1.00 bits per heavy atom. The first kappa shape index (κ1) is 18.6. The molecule has 5 nitrogen and oxygen atoms in total. The number of hydrogen-bond acceptors (Lipinski definition) is 3. The number of rotatable bonds is 4. The van der Waals surface area contributed by atoms with E-state index in [0.717, 1.165) is 41.1 Å². The highest BCUT2D eigenvalue weighted by molar-refractivity contribution is 7.99. The SMILES string of the molecule is O=C(Nc1ccc2c(c1)SCCN2Cc1ccccc1)Nc1c[nH]c2ccccc12. The Kier molecular flexibility index (Phi) is 5.07. The van der Waals surface area contributed by atoms with Gasteiger partial charge in [0.2, 0.25) is 0 Å². The largest absolute Gasteiger partial charge is 0.365 e. The van der Waals surface area contributed by atoms with Gasteiger partial charge in [0.25, 0.3) is 0 Å². The smallest absolute Gasteiger partial charge is 0.323 e. The molecule has 0 unspecified atom stereocenters. The second-order valence-electron chi connectivity index (χ2n) is 7.27. The van der Waals surface area contributed by atoms with E-state index in [4.69, 9.17) is 0 Å². The number of amides is 2. The fraction of sp³-hybridized carbons (Fsp3) is 0.125. The van der Waals surface area contributed by atoms with Gasteiger partial charge in [0.1, 0.15) is 0 Å². The third-order valence-electron chi connectivity index (χ3n) is 5.23. The normalized spacial score (nSPS) is 13.1. The van der Waals surface area contributed by atoms with Crippen molar-refractivity contribution in [2.75, 3.05) is 27.8 Å². The Bertz CT molecular complexity index is 1190. The molecule has 1 aliphatic rings. The standard InChI is InChI=1S/C24H22N4OS/c29-24(27-21-15-25-20-9-5-4-8-19(20)21)26-18-10-11-22-23(14-18)30-13-12-28(22)16-17-6-2-1-3-7-17/h1-11,14-15,25H,12-13,16H2,(H2,26,27,29). The molecule has 5 rings (SSSR count). The number of aromatic nitrogens is 1. The number of benzene rings is 3. The minimum atomic E-state index is -0.248. The minimum absolute atomic E-state index is 0.248. The van der Waals surface area contributed by atoms with Crippen molar-refractivity contribution in [1.29, 1.82) is 0 Å². The molecule has 0 saturated carbocycles. The number of anilines is 3. The molecule has 2 heterocycles. The second-order valence-corrected chi connectivity index (χ2v) is 8.40. The van der Waals surface area contributed by atoms with Crippen molar-refractivity contribution < 1.29 is 4.79 Å². The van der Waals surface area contributed by atoms with Crippen LogP contribution < -0.4 is 15.5 Å². The van der Waals surface area contributed by atoms with Gasteiger partial charge in [0, 0.05) is 46.5 Å². The van der Waals surface area contributed by atoms with Crippen molar-refractivity contribution in [3.05, 3.63) is 84.6 Å². The Hall–Kier alpha value is -3.38.